The number of hydrogen-bond donors (Lipinski definition) is 1. The summed E-state index contributed by atoms with van der Waals surface area (Å²) in [5.74, 6) is 0.0822. The maximum Gasteiger partial charge on any atom is 0.226 e. The molecule has 1 aromatic rings. The summed E-state index contributed by atoms with van der Waals surface area (Å²) in [7, 11) is 1.81. The molecule has 0 bridgehead atoms. The molecule has 0 spiro atoms. The summed E-state index contributed by atoms with van der Waals surface area (Å²) in [5, 5.41) is 0.658. The first kappa shape index (κ1) is 15.0. The average Bonchev–Trinajstić information content (AvgIpc) is 2.28. The topological polar surface area (TPSA) is 46.3 Å². The van der Waals surface area contributed by atoms with Crippen LogP contribution in [0.2, 0.25) is 5.02 Å². The third-order valence-electron chi connectivity index (χ3n) is 2.89. The highest BCUT2D eigenvalue weighted by Gasteiger charge is 2.21. The number of carbonyl (C=O) groups is 1. The van der Waals surface area contributed by atoms with Crippen LogP contribution in [0, 0.1) is 5.41 Å². The second-order valence-corrected chi connectivity index (χ2v) is 5.86. The highest BCUT2D eigenvalue weighted by molar-refractivity contribution is 6.30. The van der Waals surface area contributed by atoms with E-state index in [0.717, 1.165) is 5.56 Å². The minimum Gasteiger partial charge on any atom is -0.345 e. The number of hydrogen-bond acceptors (Lipinski definition) is 2. The summed E-state index contributed by atoms with van der Waals surface area (Å²) in [5.41, 5.74) is 6.55. The number of nitrogens with two attached hydrogens (primary N) is 1. The van der Waals surface area contributed by atoms with E-state index in [0.29, 0.717) is 24.5 Å². The summed E-state index contributed by atoms with van der Waals surface area (Å²) in [6.45, 7) is 5.32. The van der Waals surface area contributed by atoms with Gasteiger partial charge in [0.15, 0.2) is 0 Å². The lowest BCUT2D eigenvalue weighted by Crippen LogP contribution is -2.40. The molecule has 0 aromatic heterocycles. The summed E-state index contributed by atoms with van der Waals surface area (Å²) in [6, 6.07) is 7.39. The van der Waals surface area contributed by atoms with Crippen LogP contribution in [-0.2, 0) is 11.2 Å². The van der Waals surface area contributed by atoms with Crippen molar-refractivity contribution >= 4 is 17.5 Å². The van der Waals surface area contributed by atoms with Crippen molar-refractivity contribution in [1.29, 1.82) is 0 Å². The molecule has 2 N–H and O–H groups in total. The van der Waals surface area contributed by atoms with E-state index in [1.807, 2.05) is 25.2 Å². The van der Waals surface area contributed by atoms with Gasteiger partial charge in [-0.1, -0.05) is 37.6 Å². The molecule has 0 unspecified atom stereocenters. The lowest BCUT2D eigenvalue weighted by atomic mass is 9.93. The molecule has 0 aliphatic rings. The first-order valence-corrected chi connectivity index (χ1v) is 6.40. The van der Waals surface area contributed by atoms with Crippen LogP contribution < -0.4 is 5.73 Å². The highest BCUT2D eigenvalue weighted by Crippen LogP contribution is 2.16. The summed E-state index contributed by atoms with van der Waals surface area (Å²) in [4.78, 5) is 13.8. The SMILES string of the molecule is CN(CC(C)(C)CN)C(=O)Cc1cccc(Cl)c1. The standard InChI is InChI=1S/C14H21ClN2O/c1-14(2,9-16)10-17(3)13(18)8-11-5-4-6-12(15)7-11/h4-7H,8-10,16H2,1-3H3. The Labute approximate surface area is 114 Å². The van der Waals surface area contributed by atoms with Gasteiger partial charge in [-0.3, -0.25) is 4.79 Å². The fraction of sp³-hybridized carbons (Fsp3) is 0.500. The third kappa shape index (κ3) is 4.67. The Morgan fingerprint density at radius 3 is 2.67 bits per heavy atom. The van der Waals surface area contributed by atoms with E-state index in [2.05, 4.69) is 13.8 Å². The first-order chi connectivity index (χ1) is 8.34. The Morgan fingerprint density at radius 1 is 1.44 bits per heavy atom. The third-order valence-corrected chi connectivity index (χ3v) is 3.12. The molecule has 1 amide bonds. The van der Waals surface area contributed by atoms with Crippen LogP contribution in [0.4, 0.5) is 0 Å². The monoisotopic (exact) mass is 268 g/mol. The van der Waals surface area contributed by atoms with Gasteiger partial charge in [0.25, 0.3) is 0 Å². The van der Waals surface area contributed by atoms with Crippen molar-refractivity contribution < 1.29 is 4.79 Å². The van der Waals surface area contributed by atoms with Gasteiger partial charge in [-0.2, -0.15) is 0 Å². The molecule has 18 heavy (non-hydrogen) atoms. The fourth-order valence-electron chi connectivity index (χ4n) is 1.75. The van der Waals surface area contributed by atoms with Gasteiger partial charge >= 0.3 is 0 Å². The molecule has 0 saturated carbocycles. The largest absolute Gasteiger partial charge is 0.345 e. The lowest BCUT2D eigenvalue weighted by Gasteiger charge is -2.29. The minimum atomic E-state index is -0.0568. The molecule has 0 radical (unpaired) electrons. The van der Waals surface area contributed by atoms with Gasteiger partial charge in [0, 0.05) is 18.6 Å². The number of benzene rings is 1. The molecular formula is C14H21ClN2O. The predicted molar refractivity (Wildman–Crippen MR) is 75.6 cm³/mol. The van der Waals surface area contributed by atoms with Gasteiger partial charge in [0.2, 0.25) is 5.91 Å². The Hall–Kier alpha value is -1.06. The van der Waals surface area contributed by atoms with Crippen molar-refractivity contribution in [3.63, 3.8) is 0 Å². The van der Waals surface area contributed by atoms with Crippen LogP contribution in [0.15, 0.2) is 24.3 Å². The van der Waals surface area contributed by atoms with E-state index < -0.39 is 0 Å². The molecule has 4 heteroatoms. The Kier molecular flexibility index (Phi) is 5.17. The van der Waals surface area contributed by atoms with Gasteiger partial charge in [-0.05, 0) is 29.7 Å². The van der Waals surface area contributed by atoms with Gasteiger partial charge in [0.1, 0.15) is 0 Å². The predicted octanol–water partition coefficient (Wildman–Crippen LogP) is 2.33. The van der Waals surface area contributed by atoms with E-state index in [-0.39, 0.29) is 11.3 Å². The minimum absolute atomic E-state index is 0.0568. The molecule has 1 rings (SSSR count). The van der Waals surface area contributed by atoms with Crippen LogP contribution in [0.25, 0.3) is 0 Å². The second kappa shape index (κ2) is 6.21. The van der Waals surface area contributed by atoms with E-state index in [9.17, 15) is 4.79 Å². The highest BCUT2D eigenvalue weighted by atomic mass is 35.5. The van der Waals surface area contributed by atoms with Crippen molar-refractivity contribution in [1.82, 2.24) is 4.90 Å². The zero-order valence-electron chi connectivity index (χ0n) is 11.2. The van der Waals surface area contributed by atoms with Gasteiger partial charge < -0.3 is 10.6 Å². The number of nitrogens with zero attached hydrogens (tertiary/aromatic N) is 1. The van der Waals surface area contributed by atoms with Crippen molar-refractivity contribution in [3.8, 4) is 0 Å². The molecule has 3 nitrogen and oxygen atoms in total. The molecule has 100 valence electrons. The van der Waals surface area contributed by atoms with E-state index in [1.165, 1.54) is 0 Å². The van der Waals surface area contributed by atoms with Crippen LogP contribution >= 0.6 is 11.6 Å². The summed E-state index contributed by atoms with van der Waals surface area (Å²) >= 11 is 5.90. The molecule has 0 aliphatic heterocycles. The molecule has 0 aliphatic carbocycles. The van der Waals surface area contributed by atoms with Crippen molar-refractivity contribution in [3.05, 3.63) is 34.9 Å². The molecule has 0 heterocycles. The van der Waals surface area contributed by atoms with Crippen molar-refractivity contribution in [2.24, 2.45) is 11.1 Å². The number of halogens is 1. The molecule has 0 saturated heterocycles. The van der Waals surface area contributed by atoms with Crippen molar-refractivity contribution in [2.75, 3.05) is 20.1 Å². The second-order valence-electron chi connectivity index (χ2n) is 5.42. The van der Waals surface area contributed by atoms with Crippen molar-refractivity contribution in [2.45, 2.75) is 20.3 Å². The molecule has 0 fully saturated rings. The quantitative estimate of drug-likeness (QED) is 0.891. The zero-order chi connectivity index (χ0) is 13.8. The van der Waals surface area contributed by atoms with E-state index >= 15 is 0 Å². The summed E-state index contributed by atoms with van der Waals surface area (Å²) in [6.07, 6.45) is 0.373. The molecule has 1 aromatic carbocycles. The number of rotatable bonds is 5. The van der Waals surface area contributed by atoms with Crippen LogP contribution in [0.1, 0.15) is 19.4 Å². The normalized spacial score (nSPS) is 11.4. The maximum atomic E-state index is 12.1. The van der Waals surface area contributed by atoms with Gasteiger partial charge in [0.05, 0.1) is 6.42 Å². The first-order valence-electron chi connectivity index (χ1n) is 6.02. The van der Waals surface area contributed by atoms with E-state index in [1.54, 1.807) is 11.0 Å². The number of carbonyl (C=O) groups excluding carboxylic acids is 1. The Balaban J connectivity index is 2.60. The molecule has 0 atom stereocenters. The smallest absolute Gasteiger partial charge is 0.226 e. The van der Waals surface area contributed by atoms with E-state index in [4.69, 9.17) is 17.3 Å². The Morgan fingerprint density at radius 2 is 2.11 bits per heavy atom. The van der Waals surface area contributed by atoms with Crippen LogP contribution in [-0.4, -0.2) is 30.9 Å². The lowest BCUT2D eigenvalue weighted by molar-refractivity contribution is -0.130. The van der Waals surface area contributed by atoms with Gasteiger partial charge in [-0.15, -0.1) is 0 Å². The summed E-state index contributed by atoms with van der Waals surface area (Å²) < 4.78 is 0. The zero-order valence-corrected chi connectivity index (χ0v) is 12.0. The van der Waals surface area contributed by atoms with Crippen LogP contribution in [0.5, 0.6) is 0 Å². The fourth-order valence-corrected chi connectivity index (χ4v) is 1.96. The molecular weight excluding hydrogens is 248 g/mol. The average molecular weight is 269 g/mol. The Bertz CT molecular complexity index is 418. The van der Waals surface area contributed by atoms with Crippen LogP contribution in [0.3, 0.4) is 0 Å². The van der Waals surface area contributed by atoms with Gasteiger partial charge in [-0.25, -0.2) is 0 Å². The number of likely N-dealkylation sites (N-methyl/N-ethyl adjacent to an activating group) is 1. The maximum absolute atomic E-state index is 12.1. The number of amides is 1.